The molecule has 0 radical (unpaired) electrons. The van der Waals surface area contributed by atoms with Gasteiger partial charge in [-0.05, 0) is 0 Å². The predicted molar refractivity (Wildman–Crippen MR) is 85.1 cm³/mol. The Morgan fingerprint density at radius 1 is 1.45 bits per heavy atom. The van der Waals surface area contributed by atoms with E-state index in [-0.39, 0.29) is 0 Å². The van der Waals surface area contributed by atoms with Gasteiger partial charge in [-0.15, -0.1) is 11.3 Å². The van der Waals surface area contributed by atoms with Gasteiger partial charge >= 0.3 is 0 Å². The first-order valence-electron chi connectivity index (χ1n) is 6.93. The standard InChI is InChI=1S/C13H20N4OS2/c1-10(2)14-9-11-12(15-13-17(11)3-6-19-13)16-4-7-20(18)8-5-16/h3,6,10,14H,4-5,7-9H2,1-2H3. The Morgan fingerprint density at radius 2 is 2.20 bits per heavy atom. The summed E-state index contributed by atoms with van der Waals surface area (Å²) >= 11 is 1.66. The van der Waals surface area contributed by atoms with Gasteiger partial charge in [-0.25, -0.2) is 4.98 Å². The summed E-state index contributed by atoms with van der Waals surface area (Å²) in [7, 11) is -0.650. The molecule has 1 aliphatic rings. The van der Waals surface area contributed by atoms with Crippen LogP contribution in [0, 0.1) is 0 Å². The van der Waals surface area contributed by atoms with Crippen molar-refractivity contribution in [1.29, 1.82) is 0 Å². The summed E-state index contributed by atoms with van der Waals surface area (Å²) in [6.07, 6.45) is 2.08. The molecule has 0 amide bonds. The SMILES string of the molecule is CC(C)NCc1c(N2CCS(=O)CC2)nc2sccn12. The van der Waals surface area contributed by atoms with Crippen LogP contribution in [-0.4, -0.2) is 44.2 Å². The van der Waals surface area contributed by atoms with Gasteiger partial charge in [0.05, 0.1) is 5.69 Å². The van der Waals surface area contributed by atoms with Crippen LogP contribution in [0.15, 0.2) is 11.6 Å². The Morgan fingerprint density at radius 3 is 2.90 bits per heavy atom. The summed E-state index contributed by atoms with van der Waals surface area (Å²) in [6.45, 7) is 6.79. The van der Waals surface area contributed by atoms with Crippen molar-refractivity contribution in [2.75, 3.05) is 29.5 Å². The number of thiazole rings is 1. The third-order valence-corrected chi connectivity index (χ3v) is 5.53. The van der Waals surface area contributed by atoms with Gasteiger partial charge in [-0.2, -0.15) is 0 Å². The lowest BCUT2D eigenvalue weighted by molar-refractivity contribution is 0.578. The maximum atomic E-state index is 11.5. The number of fused-ring (bicyclic) bond motifs is 1. The van der Waals surface area contributed by atoms with Crippen molar-refractivity contribution in [3.8, 4) is 0 Å². The minimum Gasteiger partial charge on any atom is -0.353 e. The molecule has 0 aromatic carbocycles. The molecule has 110 valence electrons. The maximum absolute atomic E-state index is 11.5. The smallest absolute Gasteiger partial charge is 0.195 e. The fraction of sp³-hybridized carbons (Fsp3) is 0.615. The van der Waals surface area contributed by atoms with E-state index in [2.05, 4.69) is 40.0 Å². The number of rotatable bonds is 4. The maximum Gasteiger partial charge on any atom is 0.195 e. The molecule has 3 rings (SSSR count). The lowest BCUT2D eigenvalue weighted by atomic mass is 10.3. The molecule has 2 aromatic heterocycles. The fourth-order valence-electron chi connectivity index (χ4n) is 2.39. The third kappa shape index (κ3) is 2.75. The van der Waals surface area contributed by atoms with Crippen molar-refractivity contribution in [1.82, 2.24) is 14.7 Å². The number of anilines is 1. The zero-order valence-corrected chi connectivity index (χ0v) is 13.5. The molecule has 1 N–H and O–H groups in total. The van der Waals surface area contributed by atoms with E-state index in [0.717, 1.165) is 41.9 Å². The van der Waals surface area contributed by atoms with Crippen LogP contribution in [-0.2, 0) is 17.3 Å². The van der Waals surface area contributed by atoms with Crippen LogP contribution >= 0.6 is 11.3 Å². The second-order valence-corrected chi connectivity index (χ2v) is 7.88. The van der Waals surface area contributed by atoms with Crippen molar-refractivity contribution in [2.24, 2.45) is 0 Å². The number of imidazole rings is 1. The largest absolute Gasteiger partial charge is 0.353 e. The summed E-state index contributed by atoms with van der Waals surface area (Å²) < 4.78 is 13.7. The summed E-state index contributed by atoms with van der Waals surface area (Å²) in [6, 6.07) is 0.445. The Hall–Kier alpha value is -0.920. The van der Waals surface area contributed by atoms with Gasteiger partial charge in [0.25, 0.3) is 0 Å². The lowest BCUT2D eigenvalue weighted by Gasteiger charge is -2.27. The highest BCUT2D eigenvalue weighted by atomic mass is 32.2. The minimum atomic E-state index is -0.650. The van der Waals surface area contributed by atoms with Gasteiger partial charge in [0.15, 0.2) is 10.8 Å². The van der Waals surface area contributed by atoms with E-state index in [4.69, 9.17) is 4.98 Å². The van der Waals surface area contributed by atoms with E-state index in [1.165, 1.54) is 5.69 Å². The van der Waals surface area contributed by atoms with Crippen molar-refractivity contribution in [3.63, 3.8) is 0 Å². The van der Waals surface area contributed by atoms with Crippen LogP contribution in [0.5, 0.6) is 0 Å². The number of aromatic nitrogens is 2. The van der Waals surface area contributed by atoms with Crippen LogP contribution in [0.25, 0.3) is 4.96 Å². The van der Waals surface area contributed by atoms with E-state index in [0.29, 0.717) is 6.04 Å². The van der Waals surface area contributed by atoms with Gasteiger partial charge in [0, 0.05) is 59.6 Å². The first-order chi connectivity index (χ1) is 9.65. The summed E-state index contributed by atoms with van der Waals surface area (Å²) in [5.41, 5.74) is 1.21. The van der Waals surface area contributed by atoms with E-state index in [1.54, 1.807) is 11.3 Å². The van der Waals surface area contributed by atoms with E-state index in [9.17, 15) is 4.21 Å². The van der Waals surface area contributed by atoms with E-state index < -0.39 is 10.8 Å². The van der Waals surface area contributed by atoms with Crippen molar-refractivity contribution < 1.29 is 4.21 Å². The van der Waals surface area contributed by atoms with Gasteiger partial charge in [-0.3, -0.25) is 8.61 Å². The quantitative estimate of drug-likeness (QED) is 0.929. The van der Waals surface area contributed by atoms with Crippen LogP contribution in [0.1, 0.15) is 19.5 Å². The number of nitrogens with zero attached hydrogens (tertiary/aromatic N) is 3. The summed E-state index contributed by atoms with van der Waals surface area (Å²) in [4.78, 5) is 8.08. The molecule has 0 aliphatic carbocycles. The number of nitrogens with one attached hydrogen (secondary N) is 1. The monoisotopic (exact) mass is 312 g/mol. The highest BCUT2D eigenvalue weighted by Gasteiger charge is 2.22. The molecule has 7 heteroatoms. The molecular formula is C13H20N4OS2. The van der Waals surface area contributed by atoms with Crippen molar-refractivity contribution >= 4 is 32.9 Å². The molecule has 5 nitrogen and oxygen atoms in total. The zero-order chi connectivity index (χ0) is 14.1. The average Bonchev–Trinajstić information content (AvgIpc) is 2.98. The van der Waals surface area contributed by atoms with Crippen molar-refractivity contribution in [2.45, 2.75) is 26.4 Å². The van der Waals surface area contributed by atoms with Gasteiger partial charge in [-0.1, -0.05) is 13.8 Å². The molecule has 3 heterocycles. The first kappa shape index (κ1) is 14.0. The van der Waals surface area contributed by atoms with Crippen LogP contribution < -0.4 is 10.2 Å². The van der Waals surface area contributed by atoms with Crippen molar-refractivity contribution in [3.05, 3.63) is 17.3 Å². The number of hydrogen-bond acceptors (Lipinski definition) is 5. The van der Waals surface area contributed by atoms with Gasteiger partial charge < -0.3 is 10.2 Å². The Balaban J connectivity index is 1.90. The predicted octanol–water partition coefficient (Wildman–Crippen LogP) is 1.46. The Bertz CT molecular complexity index is 609. The van der Waals surface area contributed by atoms with Gasteiger partial charge in [0.2, 0.25) is 0 Å². The lowest BCUT2D eigenvalue weighted by Crippen LogP contribution is -2.38. The highest BCUT2D eigenvalue weighted by molar-refractivity contribution is 7.85. The minimum absolute atomic E-state index is 0.445. The second-order valence-electron chi connectivity index (χ2n) is 5.31. The fourth-order valence-corrected chi connectivity index (χ4v) is 4.17. The van der Waals surface area contributed by atoms with Crippen LogP contribution in [0.4, 0.5) is 5.82 Å². The highest BCUT2D eigenvalue weighted by Crippen LogP contribution is 2.25. The topological polar surface area (TPSA) is 49.6 Å². The number of hydrogen-bond donors (Lipinski definition) is 1. The molecule has 0 atom stereocenters. The Labute approximate surface area is 125 Å². The molecule has 1 aliphatic heterocycles. The van der Waals surface area contributed by atoms with E-state index in [1.807, 2.05) is 0 Å². The normalized spacial score (nSPS) is 17.4. The molecule has 20 heavy (non-hydrogen) atoms. The second kappa shape index (κ2) is 5.83. The molecular weight excluding hydrogens is 292 g/mol. The van der Waals surface area contributed by atoms with Gasteiger partial charge in [0.1, 0.15) is 0 Å². The summed E-state index contributed by atoms with van der Waals surface area (Å²) in [5, 5.41) is 5.54. The first-order valence-corrected chi connectivity index (χ1v) is 9.29. The molecule has 0 bridgehead atoms. The molecule has 1 fully saturated rings. The molecule has 1 saturated heterocycles. The molecule has 0 saturated carbocycles. The molecule has 2 aromatic rings. The average molecular weight is 312 g/mol. The molecule has 0 spiro atoms. The Kier molecular flexibility index (Phi) is 4.09. The zero-order valence-electron chi connectivity index (χ0n) is 11.8. The van der Waals surface area contributed by atoms with E-state index >= 15 is 0 Å². The van der Waals surface area contributed by atoms with Crippen LogP contribution in [0.3, 0.4) is 0 Å². The molecule has 0 unspecified atom stereocenters. The van der Waals surface area contributed by atoms with Crippen LogP contribution in [0.2, 0.25) is 0 Å². The third-order valence-electron chi connectivity index (χ3n) is 3.49. The summed E-state index contributed by atoms with van der Waals surface area (Å²) in [5.74, 6) is 2.56.